The Morgan fingerprint density at radius 3 is 2.53 bits per heavy atom. The molecule has 3 nitrogen and oxygen atoms in total. The average Bonchev–Trinajstić information content (AvgIpc) is 2.74. The maximum Gasteiger partial charge on any atom is 0.129 e. The monoisotopic (exact) mass is 434 g/mol. The van der Waals surface area contributed by atoms with Gasteiger partial charge < -0.3 is 14.2 Å². The van der Waals surface area contributed by atoms with E-state index in [1.54, 1.807) is 12.2 Å². The second-order valence-electron chi connectivity index (χ2n) is 8.63. The third-order valence-electron chi connectivity index (χ3n) is 5.47. The van der Waals surface area contributed by atoms with Crippen LogP contribution in [0.15, 0.2) is 54.3 Å². The Hall–Kier alpha value is -3.03. The summed E-state index contributed by atoms with van der Waals surface area (Å²) in [5.74, 6) is 3.63. The van der Waals surface area contributed by atoms with Crippen LogP contribution in [-0.2, 0) is 16.1 Å². The molecule has 1 fully saturated rings. The van der Waals surface area contributed by atoms with Crippen LogP contribution in [0.25, 0.3) is 11.1 Å². The molecule has 0 unspecified atom stereocenters. The number of benzene rings is 2. The SMILES string of the molecule is C#C/C=C\C(=C/CC)OCc1cc(-c2c(C)cc(OCC3(C)COC3)cc2C)ccc1F. The average molecular weight is 435 g/mol. The van der Waals surface area contributed by atoms with Crippen LogP contribution in [0.4, 0.5) is 4.39 Å². The van der Waals surface area contributed by atoms with E-state index in [9.17, 15) is 4.39 Å². The molecule has 1 aliphatic rings. The molecule has 168 valence electrons. The van der Waals surface area contributed by atoms with Crippen molar-refractivity contribution < 1.29 is 18.6 Å². The first-order chi connectivity index (χ1) is 15.3. The Bertz CT molecular complexity index is 1030. The van der Waals surface area contributed by atoms with Crippen LogP contribution in [0.5, 0.6) is 5.75 Å². The summed E-state index contributed by atoms with van der Waals surface area (Å²) in [5, 5.41) is 0. The van der Waals surface area contributed by atoms with Gasteiger partial charge in [-0.2, -0.15) is 0 Å². The molecule has 2 aromatic carbocycles. The predicted molar refractivity (Wildman–Crippen MR) is 127 cm³/mol. The van der Waals surface area contributed by atoms with Gasteiger partial charge in [-0.15, -0.1) is 6.42 Å². The molecule has 1 aliphatic heterocycles. The van der Waals surface area contributed by atoms with Crippen LogP contribution in [0.2, 0.25) is 0 Å². The van der Waals surface area contributed by atoms with Crippen LogP contribution < -0.4 is 4.74 Å². The third-order valence-corrected chi connectivity index (χ3v) is 5.47. The Kier molecular flexibility index (Phi) is 7.77. The van der Waals surface area contributed by atoms with E-state index >= 15 is 0 Å². The van der Waals surface area contributed by atoms with Crippen LogP contribution in [-0.4, -0.2) is 19.8 Å². The molecule has 0 amide bonds. The van der Waals surface area contributed by atoms with Crippen LogP contribution in [0, 0.1) is 37.4 Å². The summed E-state index contributed by atoms with van der Waals surface area (Å²) < 4.78 is 31.7. The van der Waals surface area contributed by atoms with E-state index in [1.165, 1.54) is 6.07 Å². The molecule has 0 aliphatic carbocycles. The van der Waals surface area contributed by atoms with E-state index < -0.39 is 0 Å². The molecule has 0 bridgehead atoms. The first kappa shape index (κ1) is 23.6. The van der Waals surface area contributed by atoms with E-state index in [2.05, 4.69) is 26.7 Å². The Morgan fingerprint density at radius 1 is 1.22 bits per heavy atom. The van der Waals surface area contributed by atoms with Crippen LogP contribution in [0.1, 0.15) is 37.0 Å². The lowest BCUT2D eigenvalue weighted by Crippen LogP contribution is -2.44. The number of allylic oxidation sites excluding steroid dienone is 3. The molecular formula is C28H31FO3. The first-order valence-electron chi connectivity index (χ1n) is 10.9. The largest absolute Gasteiger partial charge is 0.493 e. The Balaban J connectivity index is 1.80. The zero-order chi connectivity index (χ0) is 23.1. The molecule has 0 saturated carbocycles. The zero-order valence-corrected chi connectivity index (χ0v) is 19.3. The number of rotatable bonds is 9. The molecule has 1 heterocycles. The Morgan fingerprint density at radius 2 is 1.94 bits per heavy atom. The van der Waals surface area contributed by atoms with Gasteiger partial charge in [-0.05, 0) is 85.0 Å². The van der Waals surface area contributed by atoms with E-state index in [0.29, 0.717) is 17.9 Å². The van der Waals surface area contributed by atoms with Crippen molar-refractivity contribution in [2.75, 3.05) is 19.8 Å². The molecule has 0 aromatic heterocycles. The molecule has 0 atom stereocenters. The van der Waals surface area contributed by atoms with Crippen LogP contribution >= 0.6 is 0 Å². The van der Waals surface area contributed by atoms with Crippen molar-refractivity contribution in [1.29, 1.82) is 0 Å². The van der Waals surface area contributed by atoms with Crippen molar-refractivity contribution in [1.82, 2.24) is 0 Å². The summed E-state index contributed by atoms with van der Waals surface area (Å²) in [6.07, 6.45) is 11.3. The highest BCUT2D eigenvalue weighted by molar-refractivity contribution is 5.72. The summed E-state index contributed by atoms with van der Waals surface area (Å²) in [7, 11) is 0. The molecule has 2 aromatic rings. The Labute approximate surface area is 190 Å². The third kappa shape index (κ3) is 5.81. The lowest BCUT2D eigenvalue weighted by Gasteiger charge is -2.37. The van der Waals surface area contributed by atoms with Gasteiger partial charge in [0.1, 0.15) is 23.9 Å². The minimum Gasteiger partial charge on any atom is -0.493 e. The van der Waals surface area contributed by atoms with E-state index in [4.69, 9.17) is 20.6 Å². The quantitative estimate of drug-likeness (QED) is 0.255. The van der Waals surface area contributed by atoms with Gasteiger partial charge >= 0.3 is 0 Å². The topological polar surface area (TPSA) is 27.7 Å². The fourth-order valence-corrected chi connectivity index (χ4v) is 3.76. The van der Waals surface area contributed by atoms with Crippen LogP contribution in [0.3, 0.4) is 0 Å². The fraction of sp³-hybridized carbons (Fsp3) is 0.357. The molecule has 4 heteroatoms. The second-order valence-corrected chi connectivity index (χ2v) is 8.63. The standard InChI is InChI=1S/C28H31FO3/c1-6-8-10-24(9-7-2)31-16-23-15-22(11-12-26(23)29)27-20(3)13-25(14-21(27)4)32-19-28(5)17-30-18-28/h1,8-15H,7,16-19H2,2-5H3/b10-8-,24-9+. The lowest BCUT2D eigenvalue weighted by atomic mass is 9.90. The van der Waals surface area contributed by atoms with E-state index in [0.717, 1.165) is 47.6 Å². The van der Waals surface area contributed by atoms with Gasteiger partial charge in [-0.3, -0.25) is 0 Å². The summed E-state index contributed by atoms with van der Waals surface area (Å²) in [5.41, 5.74) is 4.77. The minimum absolute atomic E-state index is 0.0901. The smallest absolute Gasteiger partial charge is 0.129 e. The first-order valence-corrected chi connectivity index (χ1v) is 10.9. The number of terminal acetylenes is 1. The summed E-state index contributed by atoms with van der Waals surface area (Å²) in [6, 6.07) is 9.24. The predicted octanol–water partition coefficient (Wildman–Crippen LogP) is 6.52. The molecule has 1 saturated heterocycles. The lowest BCUT2D eigenvalue weighted by molar-refractivity contribution is -0.120. The highest BCUT2D eigenvalue weighted by Crippen LogP contribution is 2.34. The molecular weight excluding hydrogens is 403 g/mol. The maximum atomic E-state index is 14.5. The number of halogens is 1. The van der Waals surface area contributed by atoms with Crippen molar-refractivity contribution in [2.24, 2.45) is 5.41 Å². The summed E-state index contributed by atoms with van der Waals surface area (Å²) >= 11 is 0. The van der Waals surface area contributed by atoms with Gasteiger partial charge in [0.2, 0.25) is 0 Å². The van der Waals surface area contributed by atoms with Crippen molar-refractivity contribution in [3.05, 3.63) is 76.8 Å². The van der Waals surface area contributed by atoms with E-state index in [-0.39, 0.29) is 17.8 Å². The van der Waals surface area contributed by atoms with Crippen molar-refractivity contribution >= 4 is 0 Å². The maximum absolute atomic E-state index is 14.5. The second kappa shape index (κ2) is 10.5. The summed E-state index contributed by atoms with van der Waals surface area (Å²) in [6.45, 7) is 10.5. The minimum atomic E-state index is -0.295. The van der Waals surface area contributed by atoms with E-state index in [1.807, 2.05) is 37.3 Å². The molecule has 0 radical (unpaired) electrons. The van der Waals surface area contributed by atoms with Crippen molar-refractivity contribution in [2.45, 2.75) is 40.7 Å². The highest BCUT2D eigenvalue weighted by atomic mass is 19.1. The molecule has 3 rings (SSSR count). The number of aryl methyl sites for hydroxylation is 2. The fourth-order valence-electron chi connectivity index (χ4n) is 3.76. The van der Waals surface area contributed by atoms with Gasteiger partial charge in [0.15, 0.2) is 0 Å². The van der Waals surface area contributed by atoms with Crippen molar-refractivity contribution in [3.8, 4) is 29.2 Å². The number of hydrogen-bond donors (Lipinski definition) is 0. The van der Waals surface area contributed by atoms with Crippen molar-refractivity contribution in [3.63, 3.8) is 0 Å². The van der Waals surface area contributed by atoms with Gasteiger partial charge in [0, 0.05) is 11.0 Å². The van der Waals surface area contributed by atoms with Gasteiger partial charge in [-0.25, -0.2) is 4.39 Å². The molecule has 0 spiro atoms. The molecule has 0 N–H and O–H groups in total. The van der Waals surface area contributed by atoms with Gasteiger partial charge in [0.05, 0.1) is 19.8 Å². The summed E-state index contributed by atoms with van der Waals surface area (Å²) in [4.78, 5) is 0. The normalized spacial score (nSPS) is 15.3. The van der Waals surface area contributed by atoms with Gasteiger partial charge in [0.25, 0.3) is 0 Å². The highest BCUT2D eigenvalue weighted by Gasteiger charge is 2.34. The zero-order valence-electron chi connectivity index (χ0n) is 19.3. The molecule has 32 heavy (non-hydrogen) atoms. The number of hydrogen-bond acceptors (Lipinski definition) is 3. The van der Waals surface area contributed by atoms with Gasteiger partial charge in [-0.1, -0.05) is 25.8 Å². The number of ether oxygens (including phenoxy) is 3.